The molecule has 0 saturated carbocycles. The fourth-order valence-electron chi connectivity index (χ4n) is 1.09. The summed E-state index contributed by atoms with van der Waals surface area (Å²) in [5.41, 5.74) is 0.763. The van der Waals surface area contributed by atoms with E-state index in [1.54, 1.807) is 0 Å². The fraction of sp³-hybridized carbons (Fsp3) is 0.125. The van der Waals surface area contributed by atoms with Gasteiger partial charge in [-0.1, -0.05) is 23.5 Å². The van der Waals surface area contributed by atoms with Crippen molar-refractivity contribution in [3.05, 3.63) is 24.3 Å². The van der Waals surface area contributed by atoms with Gasteiger partial charge in [-0.3, -0.25) is 4.72 Å². The SMILES string of the molecule is O=S(=O)(Nc1nc2ccccc2s1)C(Br)(Br)Br. The second-order valence-electron chi connectivity index (χ2n) is 3.04. The van der Waals surface area contributed by atoms with Gasteiger partial charge in [0.15, 0.2) is 5.13 Å². The van der Waals surface area contributed by atoms with Gasteiger partial charge < -0.3 is 0 Å². The molecule has 92 valence electrons. The Morgan fingerprint density at radius 3 is 2.47 bits per heavy atom. The summed E-state index contributed by atoms with van der Waals surface area (Å²) >= 11 is 10.2. The summed E-state index contributed by atoms with van der Waals surface area (Å²) in [6.07, 6.45) is 0. The topological polar surface area (TPSA) is 59.1 Å². The second-order valence-corrected chi connectivity index (χ2v) is 14.2. The molecule has 4 nitrogen and oxygen atoms in total. The van der Waals surface area contributed by atoms with Crippen LogP contribution in [0, 0.1) is 0 Å². The van der Waals surface area contributed by atoms with Gasteiger partial charge in [0.2, 0.25) is 0 Å². The average molecular weight is 465 g/mol. The van der Waals surface area contributed by atoms with Crippen LogP contribution in [-0.4, -0.2) is 14.9 Å². The first-order valence-corrected chi connectivity index (χ1v) is 8.92. The zero-order valence-corrected chi connectivity index (χ0v) is 14.4. The van der Waals surface area contributed by atoms with Gasteiger partial charge in [0.05, 0.1) is 10.2 Å². The number of nitrogens with one attached hydrogen (secondary N) is 1. The van der Waals surface area contributed by atoms with Crippen molar-refractivity contribution in [2.75, 3.05) is 4.72 Å². The van der Waals surface area contributed by atoms with Gasteiger partial charge in [0.25, 0.3) is 11.5 Å². The summed E-state index contributed by atoms with van der Waals surface area (Å²) < 4.78 is 25.5. The number of nitrogens with zero attached hydrogens (tertiary/aromatic N) is 1. The van der Waals surface area contributed by atoms with Crippen molar-refractivity contribution in [1.29, 1.82) is 0 Å². The smallest absolute Gasteiger partial charge is 0.256 e. The van der Waals surface area contributed by atoms with E-state index in [4.69, 9.17) is 0 Å². The van der Waals surface area contributed by atoms with Gasteiger partial charge in [-0.2, -0.15) is 0 Å². The van der Waals surface area contributed by atoms with Crippen molar-refractivity contribution in [2.45, 2.75) is 1.47 Å². The molecule has 0 saturated heterocycles. The largest absolute Gasteiger partial charge is 0.270 e. The highest BCUT2D eigenvalue weighted by atomic mass is 80.0. The van der Waals surface area contributed by atoms with Crippen molar-refractivity contribution in [1.82, 2.24) is 4.98 Å². The molecule has 0 spiro atoms. The molecule has 0 aliphatic rings. The van der Waals surface area contributed by atoms with Crippen LogP contribution >= 0.6 is 59.1 Å². The zero-order chi connectivity index (χ0) is 12.7. The van der Waals surface area contributed by atoms with Crippen LogP contribution < -0.4 is 4.72 Å². The van der Waals surface area contributed by atoms with Crippen LogP contribution in [0.15, 0.2) is 24.3 Å². The molecule has 0 unspecified atom stereocenters. The molecule has 0 fully saturated rings. The highest BCUT2D eigenvalue weighted by Crippen LogP contribution is 2.40. The number of halogens is 3. The molecule has 0 atom stereocenters. The molecule has 0 bridgehead atoms. The molecule has 9 heteroatoms. The quantitative estimate of drug-likeness (QED) is 0.687. The van der Waals surface area contributed by atoms with Crippen molar-refractivity contribution in [2.24, 2.45) is 0 Å². The Morgan fingerprint density at radius 1 is 1.24 bits per heavy atom. The minimum atomic E-state index is -3.65. The number of rotatable bonds is 2. The van der Waals surface area contributed by atoms with Crippen LogP contribution in [-0.2, 0) is 10.0 Å². The van der Waals surface area contributed by atoms with Crippen LogP contribution in [0.2, 0.25) is 0 Å². The summed E-state index contributed by atoms with van der Waals surface area (Å²) in [4.78, 5) is 4.18. The van der Waals surface area contributed by atoms with Crippen molar-refractivity contribution in [3.8, 4) is 0 Å². The standard InChI is InChI=1S/C8H5Br3N2O2S2/c9-8(10,11)17(14,15)13-7-12-5-3-1-2-4-6(5)16-7/h1-4H,(H,12,13). The molecule has 0 aliphatic carbocycles. The molecule has 0 aliphatic heterocycles. The number of aromatic nitrogens is 1. The first kappa shape index (κ1) is 13.7. The lowest BCUT2D eigenvalue weighted by Gasteiger charge is -2.13. The lowest BCUT2D eigenvalue weighted by atomic mass is 10.3. The van der Waals surface area contributed by atoms with E-state index < -0.39 is 11.5 Å². The van der Waals surface area contributed by atoms with Gasteiger partial charge in [0.1, 0.15) is 0 Å². The Bertz CT molecular complexity index is 615. The molecule has 1 N–H and O–H groups in total. The van der Waals surface area contributed by atoms with E-state index in [1.807, 2.05) is 24.3 Å². The predicted octanol–water partition coefficient (Wildman–Crippen LogP) is 3.83. The molecule has 2 rings (SSSR count). The Labute approximate surface area is 127 Å². The molecule has 1 aromatic carbocycles. The third-order valence-corrected chi connectivity index (χ3v) is 7.81. The number of hydrogen-bond acceptors (Lipinski definition) is 4. The zero-order valence-electron chi connectivity index (χ0n) is 8.02. The number of benzene rings is 1. The third kappa shape index (κ3) is 3.01. The summed E-state index contributed by atoms with van der Waals surface area (Å²) in [6.45, 7) is 0. The third-order valence-electron chi connectivity index (χ3n) is 1.82. The minimum absolute atomic E-state index is 0.328. The Balaban J connectivity index is 2.37. The highest BCUT2D eigenvalue weighted by molar-refractivity contribution is 9.42. The van der Waals surface area contributed by atoms with E-state index in [2.05, 4.69) is 57.5 Å². The maximum atomic E-state index is 11.8. The van der Waals surface area contributed by atoms with Gasteiger partial charge in [-0.25, -0.2) is 13.4 Å². The van der Waals surface area contributed by atoms with Gasteiger partial charge >= 0.3 is 0 Å². The number of anilines is 1. The van der Waals surface area contributed by atoms with E-state index in [0.29, 0.717) is 5.13 Å². The van der Waals surface area contributed by atoms with Crippen LogP contribution in [0.5, 0.6) is 0 Å². The second kappa shape index (κ2) is 4.76. The van der Waals surface area contributed by atoms with E-state index in [0.717, 1.165) is 10.2 Å². The van der Waals surface area contributed by atoms with E-state index in [1.165, 1.54) is 11.3 Å². The molecular weight excluding hydrogens is 460 g/mol. The number of hydrogen-bond donors (Lipinski definition) is 1. The lowest BCUT2D eigenvalue weighted by Crippen LogP contribution is -2.25. The van der Waals surface area contributed by atoms with Gasteiger partial charge in [-0.15, -0.1) is 0 Å². The first-order chi connectivity index (χ1) is 7.79. The summed E-state index contributed by atoms with van der Waals surface area (Å²) in [5, 5.41) is 0.328. The number of para-hydroxylation sites is 1. The Hall–Kier alpha value is 0.300. The van der Waals surface area contributed by atoms with Crippen molar-refractivity contribution >= 4 is 84.5 Å². The van der Waals surface area contributed by atoms with Crippen LogP contribution in [0.1, 0.15) is 0 Å². The molecule has 1 aromatic heterocycles. The van der Waals surface area contributed by atoms with Crippen molar-refractivity contribution < 1.29 is 8.42 Å². The number of alkyl halides is 3. The molecule has 17 heavy (non-hydrogen) atoms. The van der Waals surface area contributed by atoms with E-state index in [9.17, 15) is 8.42 Å². The maximum Gasteiger partial charge on any atom is 0.270 e. The summed E-state index contributed by atoms with van der Waals surface area (Å²) in [5.74, 6) is 0. The van der Waals surface area contributed by atoms with E-state index >= 15 is 0 Å². The van der Waals surface area contributed by atoms with Gasteiger partial charge in [-0.05, 0) is 59.9 Å². The Morgan fingerprint density at radius 2 is 1.88 bits per heavy atom. The number of thiazole rings is 1. The fourth-order valence-corrected chi connectivity index (χ4v) is 3.42. The number of fused-ring (bicyclic) bond motifs is 1. The highest BCUT2D eigenvalue weighted by Gasteiger charge is 2.36. The van der Waals surface area contributed by atoms with E-state index in [-0.39, 0.29) is 0 Å². The average Bonchev–Trinajstić information content (AvgIpc) is 2.56. The molecule has 1 heterocycles. The van der Waals surface area contributed by atoms with Gasteiger partial charge in [0, 0.05) is 0 Å². The van der Waals surface area contributed by atoms with Crippen molar-refractivity contribution in [3.63, 3.8) is 0 Å². The lowest BCUT2D eigenvalue weighted by molar-refractivity contribution is 0.604. The monoisotopic (exact) mass is 462 g/mol. The molecule has 0 amide bonds. The number of sulfonamides is 1. The first-order valence-electron chi connectivity index (χ1n) is 4.24. The van der Waals surface area contributed by atoms with Crippen LogP contribution in [0.3, 0.4) is 0 Å². The summed E-state index contributed by atoms with van der Waals surface area (Å²) in [7, 11) is -3.65. The Kier molecular flexibility index (Phi) is 3.85. The molecule has 0 radical (unpaired) electrons. The van der Waals surface area contributed by atoms with Crippen LogP contribution in [0.25, 0.3) is 10.2 Å². The predicted molar refractivity (Wildman–Crippen MR) is 81.7 cm³/mol. The maximum absolute atomic E-state index is 11.8. The molecular formula is C8H5Br3N2O2S2. The van der Waals surface area contributed by atoms with Crippen LogP contribution in [0.4, 0.5) is 5.13 Å². The minimum Gasteiger partial charge on any atom is -0.256 e. The normalized spacial score (nSPS) is 12.9. The molecule has 2 aromatic rings. The summed E-state index contributed by atoms with van der Waals surface area (Å²) in [6, 6.07) is 7.44.